The fraction of sp³-hybridized carbons (Fsp3) is 0.160. The molecule has 1 aromatic heterocycles. The Bertz CT molecular complexity index is 1220. The summed E-state index contributed by atoms with van der Waals surface area (Å²) < 4.78 is 17.3. The zero-order valence-electron chi connectivity index (χ0n) is 16.8. The Balaban J connectivity index is 1.52. The van der Waals surface area contributed by atoms with Crippen LogP contribution in [0.1, 0.15) is 16.7 Å². The molecule has 0 spiro atoms. The number of benzene rings is 3. The van der Waals surface area contributed by atoms with Gasteiger partial charge in [-0.25, -0.2) is 0 Å². The minimum atomic E-state index is -0.239. The van der Waals surface area contributed by atoms with Gasteiger partial charge in [0.2, 0.25) is 11.2 Å². The van der Waals surface area contributed by atoms with E-state index in [1.807, 2.05) is 32.0 Å². The number of fused-ring (bicyclic) bond motifs is 1. The van der Waals surface area contributed by atoms with Gasteiger partial charge in [0, 0.05) is 17.5 Å². The summed E-state index contributed by atoms with van der Waals surface area (Å²) in [5.41, 5.74) is 3.19. The van der Waals surface area contributed by atoms with Crippen molar-refractivity contribution in [3.8, 4) is 17.2 Å². The largest absolute Gasteiger partial charge is 0.493 e. The Labute approximate surface area is 179 Å². The average Bonchev–Trinajstić information content (AvgIpc) is 2.75. The third kappa shape index (κ3) is 4.34. The topological polar surface area (TPSA) is 48.7 Å². The van der Waals surface area contributed by atoms with Crippen LogP contribution >= 0.6 is 11.6 Å². The van der Waals surface area contributed by atoms with Crippen LogP contribution in [0.3, 0.4) is 0 Å². The molecular formula is C25H21ClO4. The highest BCUT2D eigenvalue weighted by molar-refractivity contribution is 6.32. The molecule has 0 atom stereocenters. The van der Waals surface area contributed by atoms with Gasteiger partial charge in [-0.3, -0.25) is 4.79 Å². The average molecular weight is 421 g/mol. The molecule has 0 radical (unpaired) electrons. The SMILES string of the molecule is Cc1cc(Oc2coc3cc(OCCc4ccccc4)ccc3c2=O)cc(C)c1Cl. The summed E-state index contributed by atoms with van der Waals surface area (Å²) in [7, 11) is 0. The monoisotopic (exact) mass is 420 g/mol. The Morgan fingerprint density at radius 1 is 0.933 bits per heavy atom. The molecule has 0 fully saturated rings. The van der Waals surface area contributed by atoms with Crippen molar-refractivity contribution < 1.29 is 13.9 Å². The summed E-state index contributed by atoms with van der Waals surface area (Å²) in [5.74, 6) is 1.32. The van der Waals surface area contributed by atoms with E-state index in [9.17, 15) is 4.79 Å². The van der Waals surface area contributed by atoms with Crippen LogP contribution in [0, 0.1) is 13.8 Å². The Kier molecular flexibility index (Phi) is 5.77. The van der Waals surface area contributed by atoms with E-state index in [1.54, 1.807) is 30.3 Å². The van der Waals surface area contributed by atoms with Crippen LogP contribution in [0.25, 0.3) is 11.0 Å². The Hall–Kier alpha value is -3.24. The van der Waals surface area contributed by atoms with Crippen LogP contribution in [-0.2, 0) is 6.42 Å². The van der Waals surface area contributed by atoms with Crippen molar-refractivity contribution in [2.24, 2.45) is 0 Å². The fourth-order valence-electron chi connectivity index (χ4n) is 3.27. The summed E-state index contributed by atoms with van der Waals surface area (Å²) in [6, 6.07) is 18.9. The molecule has 0 aliphatic heterocycles. The molecule has 1 heterocycles. The minimum absolute atomic E-state index is 0.126. The molecule has 0 aliphatic carbocycles. The number of hydrogen-bond donors (Lipinski definition) is 0. The highest BCUT2D eigenvalue weighted by Crippen LogP contribution is 2.29. The molecule has 30 heavy (non-hydrogen) atoms. The third-order valence-corrected chi connectivity index (χ3v) is 5.45. The van der Waals surface area contributed by atoms with E-state index in [-0.39, 0.29) is 11.2 Å². The molecule has 0 saturated heterocycles. The molecule has 4 aromatic rings. The van der Waals surface area contributed by atoms with Crippen molar-refractivity contribution in [1.29, 1.82) is 0 Å². The second-order valence-corrected chi connectivity index (χ2v) is 7.52. The van der Waals surface area contributed by atoms with Gasteiger partial charge in [0.25, 0.3) is 0 Å². The number of halogens is 1. The number of ether oxygens (including phenoxy) is 2. The lowest BCUT2D eigenvalue weighted by molar-refractivity contribution is 0.322. The summed E-state index contributed by atoms with van der Waals surface area (Å²) in [5, 5.41) is 1.12. The van der Waals surface area contributed by atoms with Crippen molar-refractivity contribution in [3.63, 3.8) is 0 Å². The second kappa shape index (κ2) is 8.64. The molecular weight excluding hydrogens is 400 g/mol. The van der Waals surface area contributed by atoms with E-state index in [2.05, 4.69) is 12.1 Å². The molecule has 4 rings (SSSR count). The van der Waals surface area contributed by atoms with Gasteiger partial charge in [0.05, 0.1) is 12.0 Å². The van der Waals surface area contributed by atoms with E-state index < -0.39 is 0 Å². The van der Waals surface area contributed by atoms with Gasteiger partial charge >= 0.3 is 0 Å². The molecule has 0 N–H and O–H groups in total. The van der Waals surface area contributed by atoms with Crippen LogP contribution in [-0.4, -0.2) is 6.61 Å². The van der Waals surface area contributed by atoms with Gasteiger partial charge in [-0.15, -0.1) is 0 Å². The van der Waals surface area contributed by atoms with E-state index in [0.717, 1.165) is 17.5 Å². The lowest BCUT2D eigenvalue weighted by Crippen LogP contribution is -2.06. The number of hydrogen-bond acceptors (Lipinski definition) is 4. The first kappa shape index (κ1) is 20.0. The molecule has 3 aromatic carbocycles. The van der Waals surface area contributed by atoms with Gasteiger partial charge in [0.15, 0.2) is 0 Å². The molecule has 4 nitrogen and oxygen atoms in total. The van der Waals surface area contributed by atoms with Crippen molar-refractivity contribution in [2.45, 2.75) is 20.3 Å². The van der Waals surface area contributed by atoms with Crippen molar-refractivity contribution in [1.82, 2.24) is 0 Å². The highest BCUT2D eigenvalue weighted by Gasteiger charge is 2.12. The first-order valence-electron chi connectivity index (χ1n) is 9.68. The summed E-state index contributed by atoms with van der Waals surface area (Å²) in [4.78, 5) is 12.8. The molecule has 152 valence electrons. The van der Waals surface area contributed by atoms with E-state index in [4.69, 9.17) is 25.5 Å². The minimum Gasteiger partial charge on any atom is -0.493 e. The Morgan fingerprint density at radius 3 is 2.40 bits per heavy atom. The van der Waals surface area contributed by atoms with Crippen LogP contribution in [0.5, 0.6) is 17.2 Å². The molecule has 0 bridgehead atoms. The molecule has 0 unspecified atom stereocenters. The second-order valence-electron chi connectivity index (χ2n) is 7.14. The quantitative estimate of drug-likeness (QED) is 0.358. The van der Waals surface area contributed by atoms with Crippen LogP contribution < -0.4 is 14.9 Å². The molecule has 0 amide bonds. The summed E-state index contributed by atoms with van der Waals surface area (Å²) in [6.07, 6.45) is 2.13. The predicted molar refractivity (Wildman–Crippen MR) is 119 cm³/mol. The molecule has 5 heteroatoms. The first-order chi connectivity index (χ1) is 14.5. The molecule has 0 aliphatic rings. The van der Waals surface area contributed by atoms with Crippen LogP contribution in [0.4, 0.5) is 0 Å². The lowest BCUT2D eigenvalue weighted by atomic mass is 10.1. The van der Waals surface area contributed by atoms with Gasteiger partial charge < -0.3 is 13.9 Å². The maximum Gasteiger partial charge on any atom is 0.235 e. The van der Waals surface area contributed by atoms with Gasteiger partial charge in [-0.2, -0.15) is 0 Å². The maximum atomic E-state index is 12.8. The predicted octanol–water partition coefficient (Wildman–Crippen LogP) is 6.48. The van der Waals surface area contributed by atoms with E-state index in [0.29, 0.717) is 34.1 Å². The maximum absolute atomic E-state index is 12.8. The Morgan fingerprint density at radius 2 is 1.67 bits per heavy atom. The van der Waals surface area contributed by atoms with Crippen molar-refractivity contribution in [3.05, 3.63) is 98.9 Å². The lowest BCUT2D eigenvalue weighted by Gasteiger charge is -2.10. The summed E-state index contributed by atoms with van der Waals surface area (Å²) >= 11 is 6.20. The first-order valence-corrected chi connectivity index (χ1v) is 10.1. The fourth-order valence-corrected chi connectivity index (χ4v) is 3.38. The summed E-state index contributed by atoms with van der Waals surface area (Å²) in [6.45, 7) is 4.32. The standard InChI is InChI=1S/C25H21ClO4/c1-16-12-20(13-17(2)24(16)26)30-23-15-29-22-14-19(8-9-21(22)25(23)27)28-11-10-18-6-4-3-5-7-18/h3-9,12-15H,10-11H2,1-2H3. The van der Waals surface area contributed by atoms with Crippen molar-refractivity contribution >= 4 is 22.6 Å². The van der Waals surface area contributed by atoms with Gasteiger partial charge in [0.1, 0.15) is 23.3 Å². The highest BCUT2D eigenvalue weighted by atomic mass is 35.5. The van der Waals surface area contributed by atoms with Gasteiger partial charge in [-0.1, -0.05) is 41.9 Å². The van der Waals surface area contributed by atoms with E-state index in [1.165, 1.54) is 11.8 Å². The van der Waals surface area contributed by atoms with Crippen LogP contribution in [0.2, 0.25) is 5.02 Å². The number of aryl methyl sites for hydroxylation is 2. The van der Waals surface area contributed by atoms with Gasteiger partial charge in [-0.05, 0) is 54.8 Å². The van der Waals surface area contributed by atoms with Crippen molar-refractivity contribution in [2.75, 3.05) is 6.61 Å². The zero-order valence-corrected chi connectivity index (χ0v) is 17.5. The smallest absolute Gasteiger partial charge is 0.235 e. The van der Waals surface area contributed by atoms with Crippen LogP contribution in [0.15, 0.2) is 76.1 Å². The number of rotatable bonds is 6. The van der Waals surface area contributed by atoms with E-state index >= 15 is 0 Å². The molecule has 0 saturated carbocycles. The third-order valence-electron chi connectivity index (χ3n) is 4.85. The normalized spacial score (nSPS) is 10.9. The zero-order chi connectivity index (χ0) is 21.1.